The number of benzene rings is 1. The van der Waals surface area contributed by atoms with Gasteiger partial charge in [-0.15, -0.1) is 0 Å². The molecular formula is C16H15N3O. The number of nitrogens with zero attached hydrogens (tertiary/aromatic N) is 3. The summed E-state index contributed by atoms with van der Waals surface area (Å²) in [4.78, 5) is 4.56. The third-order valence-electron chi connectivity index (χ3n) is 4.34. The van der Waals surface area contributed by atoms with Gasteiger partial charge in [-0.2, -0.15) is 5.26 Å². The summed E-state index contributed by atoms with van der Waals surface area (Å²) in [6, 6.07) is 10.4. The van der Waals surface area contributed by atoms with E-state index in [9.17, 15) is 0 Å². The Bertz CT molecular complexity index is 681. The van der Waals surface area contributed by atoms with Crippen molar-refractivity contribution in [3.8, 4) is 6.07 Å². The summed E-state index contributed by atoms with van der Waals surface area (Å²) in [6.45, 7) is 0.788. The van der Waals surface area contributed by atoms with Crippen LogP contribution in [0.15, 0.2) is 30.6 Å². The monoisotopic (exact) mass is 265 g/mol. The van der Waals surface area contributed by atoms with Gasteiger partial charge in [0.15, 0.2) is 0 Å². The molecule has 1 aromatic heterocycles. The smallest absolute Gasteiger partial charge is 0.0994 e. The number of ether oxygens (including phenoxy) is 1. The van der Waals surface area contributed by atoms with Crippen molar-refractivity contribution in [3.05, 3.63) is 53.1 Å². The van der Waals surface area contributed by atoms with Crippen molar-refractivity contribution in [2.45, 2.75) is 31.4 Å². The molecular weight excluding hydrogens is 250 g/mol. The Balaban J connectivity index is 1.76. The van der Waals surface area contributed by atoms with Crippen LogP contribution in [0.5, 0.6) is 0 Å². The van der Waals surface area contributed by atoms with Crippen molar-refractivity contribution >= 4 is 0 Å². The van der Waals surface area contributed by atoms with E-state index in [-0.39, 0.29) is 6.10 Å². The van der Waals surface area contributed by atoms with E-state index >= 15 is 0 Å². The van der Waals surface area contributed by atoms with Crippen molar-refractivity contribution < 1.29 is 4.74 Å². The first-order valence-corrected chi connectivity index (χ1v) is 7.04. The van der Waals surface area contributed by atoms with Crippen LogP contribution < -0.4 is 0 Å². The van der Waals surface area contributed by atoms with Gasteiger partial charge in [0.2, 0.25) is 0 Å². The lowest BCUT2D eigenvalue weighted by atomic mass is 9.92. The molecule has 0 aliphatic carbocycles. The normalized spacial score (nSPS) is 23.9. The molecule has 4 heteroatoms. The molecule has 2 aromatic rings. The molecule has 0 spiro atoms. The Hall–Kier alpha value is -2.12. The number of imidazole rings is 1. The van der Waals surface area contributed by atoms with E-state index in [4.69, 9.17) is 10.00 Å². The zero-order valence-corrected chi connectivity index (χ0v) is 11.1. The molecule has 0 amide bonds. The number of hydrogen-bond donors (Lipinski definition) is 0. The van der Waals surface area contributed by atoms with Crippen molar-refractivity contribution in [2.24, 2.45) is 0 Å². The van der Waals surface area contributed by atoms with Gasteiger partial charge in [0.1, 0.15) is 0 Å². The molecule has 0 fully saturated rings. The summed E-state index contributed by atoms with van der Waals surface area (Å²) in [5.41, 5.74) is 4.41. The number of nitriles is 1. The summed E-state index contributed by atoms with van der Waals surface area (Å²) in [6.07, 6.45) is 5.19. The molecule has 2 atom stereocenters. The van der Waals surface area contributed by atoms with E-state index in [1.165, 1.54) is 17.0 Å². The molecule has 0 radical (unpaired) electrons. The van der Waals surface area contributed by atoms with E-state index in [2.05, 4.69) is 27.8 Å². The van der Waals surface area contributed by atoms with Gasteiger partial charge in [-0.3, -0.25) is 0 Å². The minimum atomic E-state index is 0.218. The van der Waals surface area contributed by atoms with Crippen LogP contribution in [-0.4, -0.2) is 16.2 Å². The average molecular weight is 265 g/mol. The Morgan fingerprint density at radius 1 is 1.25 bits per heavy atom. The van der Waals surface area contributed by atoms with E-state index in [0.29, 0.717) is 11.6 Å². The van der Waals surface area contributed by atoms with Crippen LogP contribution >= 0.6 is 0 Å². The second-order valence-electron chi connectivity index (χ2n) is 5.42. The van der Waals surface area contributed by atoms with E-state index < -0.39 is 0 Å². The predicted molar refractivity (Wildman–Crippen MR) is 73.2 cm³/mol. The molecule has 100 valence electrons. The van der Waals surface area contributed by atoms with Gasteiger partial charge in [0, 0.05) is 6.42 Å². The maximum atomic E-state index is 8.89. The molecule has 20 heavy (non-hydrogen) atoms. The fourth-order valence-electron chi connectivity index (χ4n) is 3.35. The van der Waals surface area contributed by atoms with Gasteiger partial charge in [0.25, 0.3) is 0 Å². The minimum absolute atomic E-state index is 0.218. The first-order valence-electron chi connectivity index (χ1n) is 7.04. The summed E-state index contributed by atoms with van der Waals surface area (Å²) < 4.78 is 8.13. The molecule has 2 unspecified atom stereocenters. The second kappa shape index (κ2) is 4.46. The van der Waals surface area contributed by atoms with Gasteiger partial charge in [-0.25, -0.2) is 4.98 Å². The zero-order chi connectivity index (χ0) is 13.5. The summed E-state index contributed by atoms with van der Waals surface area (Å²) in [5, 5.41) is 8.89. The van der Waals surface area contributed by atoms with Crippen LogP contribution in [0, 0.1) is 11.3 Å². The van der Waals surface area contributed by atoms with Crippen molar-refractivity contribution in [2.75, 3.05) is 6.61 Å². The Labute approximate surface area is 117 Å². The van der Waals surface area contributed by atoms with E-state index in [0.717, 1.165) is 25.9 Å². The summed E-state index contributed by atoms with van der Waals surface area (Å²) in [5.74, 6) is 0. The molecule has 4 rings (SSSR count). The van der Waals surface area contributed by atoms with Crippen LogP contribution in [0.25, 0.3) is 0 Å². The highest BCUT2D eigenvalue weighted by atomic mass is 16.5. The maximum absolute atomic E-state index is 8.89. The van der Waals surface area contributed by atoms with Gasteiger partial charge in [-0.1, -0.05) is 12.1 Å². The molecule has 1 aromatic carbocycles. The van der Waals surface area contributed by atoms with Crippen LogP contribution in [0.1, 0.15) is 47.5 Å². The Kier molecular flexibility index (Phi) is 2.61. The number of hydrogen-bond acceptors (Lipinski definition) is 3. The Morgan fingerprint density at radius 2 is 2.10 bits per heavy atom. The Morgan fingerprint density at radius 3 is 2.90 bits per heavy atom. The molecule has 0 saturated carbocycles. The van der Waals surface area contributed by atoms with Crippen LogP contribution in [0.3, 0.4) is 0 Å². The van der Waals surface area contributed by atoms with Crippen molar-refractivity contribution in [3.63, 3.8) is 0 Å². The first-order chi connectivity index (χ1) is 9.86. The lowest BCUT2D eigenvalue weighted by molar-refractivity contribution is 0.0173. The highest BCUT2D eigenvalue weighted by molar-refractivity contribution is 5.34. The summed E-state index contributed by atoms with van der Waals surface area (Å²) in [7, 11) is 0. The lowest BCUT2D eigenvalue weighted by Gasteiger charge is -2.34. The van der Waals surface area contributed by atoms with E-state index in [1.54, 1.807) is 0 Å². The van der Waals surface area contributed by atoms with Crippen LogP contribution in [-0.2, 0) is 11.2 Å². The minimum Gasteiger partial charge on any atom is -0.372 e. The number of aromatic nitrogens is 2. The maximum Gasteiger partial charge on any atom is 0.0994 e. The largest absolute Gasteiger partial charge is 0.372 e. The molecule has 3 heterocycles. The van der Waals surface area contributed by atoms with Gasteiger partial charge >= 0.3 is 0 Å². The fraction of sp³-hybridized carbons (Fsp3) is 0.375. The van der Waals surface area contributed by atoms with E-state index in [1.807, 2.05) is 18.5 Å². The molecule has 0 N–H and O–H groups in total. The molecule has 0 saturated heterocycles. The quantitative estimate of drug-likeness (QED) is 0.796. The van der Waals surface area contributed by atoms with Crippen molar-refractivity contribution in [1.29, 1.82) is 5.26 Å². The topological polar surface area (TPSA) is 50.8 Å². The third kappa shape index (κ3) is 1.67. The lowest BCUT2D eigenvalue weighted by Crippen LogP contribution is -2.27. The third-order valence-corrected chi connectivity index (χ3v) is 4.34. The van der Waals surface area contributed by atoms with Crippen LogP contribution in [0.2, 0.25) is 0 Å². The first kappa shape index (κ1) is 11.7. The van der Waals surface area contributed by atoms with Gasteiger partial charge in [0.05, 0.1) is 48.1 Å². The average Bonchev–Trinajstić information content (AvgIpc) is 2.94. The predicted octanol–water partition coefficient (Wildman–Crippen LogP) is 2.75. The fourth-order valence-corrected chi connectivity index (χ4v) is 3.35. The SMILES string of the molecule is N#Cc1ccc(C2CCC3OCCc4ncn2c43)cc1. The second-order valence-corrected chi connectivity index (χ2v) is 5.42. The molecule has 2 aliphatic rings. The standard InChI is InChI=1S/C16H15N3O/c17-9-11-1-3-12(4-2-11)14-5-6-15-16-13(7-8-20-15)18-10-19(14)16/h1-4,10,14-15H,5-8H2. The van der Waals surface area contributed by atoms with Gasteiger partial charge < -0.3 is 9.30 Å². The highest BCUT2D eigenvalue weighted by Crippen LogP contribution is 2.41. The van der Waals surface area contributed by atoms with Crippen LogP contribution in [0.4, 0.5) is 0 Å². The van der Waals surface area contributed by atoms with Gasteiger partial charge in [-0.05, 0) is 30.5 Å². The molecule has 4 nitrogen and oxygen atoms in total. The molecule has 0 bridgehead atoms. The number of rotatable bonds is 1. The molecule has 2 aliphatic heterocycles. The highest BCUT2D eigenvalue weighted by Gasteiger charge is 2.33. The zero-order valence-electron chi connectivity index (χ0n) is 11.1. The summed E-state index contributed by atoms with van der Waals surface area (Å²) >= 11 is 0. The van der Waals surface area contributed by atoms with Crippen molar-refractivity contribution in [1.82, 2.24) is 9.55 Å².